The third kappa shape index (κ3) is 4.56. The molecule has 0 aliphatic heterocycles. The highest BCUT2D eigenvalue weighted by molar-refractivity contribution is 8.00. The summed E-state index contributed by atoms with van der Waals surface area (Å²) in [7, 11) is 0. The van der Waals surface area contributed by atoms with Gasteiger partial charge in [0.15, 0.2) is 5.82 Å². The number of rotatable bonds is 7. The van der Waals surface area contributed by atoms with Crippen molar-refractivity contribution in [3.8, 4) is 11.1 Å². The zero-order valence-corrected chi connectivity index (χ0v) is 20.0. The Morgan fingerprint density at radius 3 is 2.68 bits per heavy atom. The molecule has 0 amide bonds. The maximum absolute atomic E-state index is 15.4. The number of pyridine rings is 1. The first-order valence-electron chi connectivity index (χ1n) is 11.1. The van der Waals surface area contributed by atoms with Crippen molar-refractivity contribution in [2.45, 2.75) is 4.90 Å². The maximum Gasteiger partial charge on any atom is 0.201 e. The lowest BCUT2D eigenvalue weighted by molar-refractivity contribution is 0.103. The van der Waals surface area contributed by atoms with Gasteiger partial charge in [-0.05, 0) is 60.0 Å². The van der Waals surface area contributed by atoms with E-state index in [4.69, 9.17) is 5.73 Å². The van der Waals surface area contributed by atoms with E-state index in [9.17, 15) is 13.6 Å². The van der Waals surface area contributed by atoms with Crippen LogP contribution in [0.3, 0.4) is 0 Å². The Morgan fingerprint density at radius 2 is 1.89 bits per heavy atom. The number of nitrogens with zero attached hydrogens (tertiary/aromatic N) is 1. The fraction of sp³-hybridized carbons (Fsp3) is 0. The van der Waals surface area contributed by atoms with Crippen molar-refractivity contribution in [1.29, 1.82) is 0 Å². The SMILES string of the molecule is C=Cc1c(N)cccc1-c1cnc2[nH]cc(C(=O)c3c(F)ccc(NSc4cccc(F)c4)c3F)c2c1. The molecule has 5 rings (SSSR count). The third-order valence-electron chi connectivity index (χ3n) is 5.82. The predicted molar refractivity (Wildman–Crippen MR) is 142 cm³/mol. The van der Waals surface area contributed by atoms with Crippen molar-refractivity contribution in [2.75, 3.05) is 10.5 Å². The lowest BCUT2D eigenvalue weighted by Crippen LogP contribution is -2.09. The van der Waals surface area contributed by atoms with Gasteiger partial charge in [-0.1, -0.05) is 30.9 Å². The largest absolute Gasteiger partial charge is 0.398 e. The summed E-state index contributed by atoms with van der Waals surface area (Å²) in [6.07, 6.45) is 4.62. The maximum atomic E-state index is 15.4. The molecule has 0 saturated carbocycles. The number of nitrogens with two attached hydrogens (primary N) is 1. The minimum Gasteiger partial charge on any atom is -0.398 e. The van der Waals surface area contributed by atoms with Crippen molar-refractivity contribution in [1.82, 2.24) is 9.97 Å². The molecule has 0 bridgehead atoms. The number of nitrogens with one attached hydrogen (secondary N) is 2. The van der Waals surface area contributed by atoms with E-state index in [0.29, 0.717) is 32.7 Å². The van der Waals surface area contributed by atoms with E-state index < -0.39 is 28.8 Å². The number of carbonyl (C=O) groups is 1. The third-order valence-corrected chi connectivity index (χ3v) is 6.64. The van der Waals surface area contributed by atoms with Crippen LogP contribution in [0.15, 0.2) is 84.5 Å². The van der Waals surface area contributed by atoms with E-state index in [2.05, 4.69) is 21.3 Å². The Labute approximate surface area is 214 Å². The van der Waals surface area contributed by atoms with Crippen molar-refractivity contribution in [2.24, 2.45) is 0 Å². The molecule has 5 nitrogen and oxygen atoms in total. The van der Waals surface area contributed by atoms with Gasteiger partial charge in [0.2, 0.25) is 5.78 Å². The fourth-order valence-corrected chi connectivity index (χ4v) is 4.72. The number of ketones is 1. The number of hydrogen-bond acceptors (Lipinski definition) is 5. The monoisotopic (exact) mass is 516 g/mol. The van der Waals surface area contributed by atoms with E-state index >= 15 is 4.39 Å². The second-order valence-corrected chi connectivity index (χ2v) is 8.99. The minimum absolute atomic E-state index is 0.0566. The van der Waals surface area contributed by atoms with Crippen LogP contribution in [0.5, 0.6) is 0 Å². The molecule has 2 aromatic heterocycles. The van der Waals surface area contributed by atoms with Crippen LogP contribution < -0.4 is 10.5 Å². The van der Waals surface area contributed by atoms with Gasteiger partial charge in [-0.3, -0.25) is 4.79 Å². The lowest BCUT2D eigenvalue weighted by atomic mass is 9.97. The number of anilines is 2. The predicted octanol–water partition coefficient (Wildman–Crippen LogP) is 7.22. The molecule has 9 heteroatoms. The van der Waals surface area contributed by atoms with Gasteiger partial charge < -0.3 is 15.4 Å². The summed E-state index contributed by atoms with van der Waals surface area (Å²) < 4.78 is 46.3. The Kier molecular flexibility index (Phi) is 6.45. The minimum atomic E-state index is -1.06. The molecule has 0 spiro atoms. The van der Waals surface area contributed by atoms with Crippen LogP contribution in [0.1, 0.15) is 21.5 Å². The summed E-state index contributed by atoms with van der Waals surface area (Å²) >= 11 is 0.934. The number of fused-ring (bicyclic) bond motifs is 1. The Morgan fingerprint density at radius 1 is 1.08 bits per heavy atom. The van der Waals surface area contributed by atoms with Gasteiger partial charge >= 0.3 is 0 Å². The number of nitrogen functional groups attached to an aromatic ring is 1. The smallest absolute Gasteiger partial charge is 0.201 e. The van der Waals surface area contributed by atoms with Gasteiger partial charge in [-0.25, -0.2) is 18.2 Å². The second-order valence-electron chi connectivity index (χ2n) is 8.11. The van der Waals surface area contributed by atoms with Crippen LogP contribution in [-0.2, 0) is 0 Å². The summed E-state index contributed by atoms with van der Waals surface area (Å²) in [6, 6.07) is 15.0. The number of H-pyrrole nitrogens is 1. The summed E-state index contributed by atoms with van der Waals surface area (Å²) in [6.45, 7) is 3.81. The molecule has 4 N–H and O–H groups in total. The molecule has 5 aromatic rings. The molecule has 0 radical (unpaired) electrons. The Hall–Kier alpha value is -4.50. The molecule has 0 saturated heterocycles. The first kappa shape index (κ1) is 24.2. The van der Waals surface area contributed by atoms with Crippen molar-refractivity contribution < 1.29 is 18.0 Å². The molecule has 0 atom stereocenters. The Balaban J connectivity index is 1.53. The normalized spacial score (nSPS) is 11.0. The van der Waals surface area contributed by atoms with Gasteiger partial charge in [0.05, 0.1) is 11.3 Å². The molecule has 0 fully saturated rings. The zero-order chi connectivity index (χ0) is 26.1. The molecule has 37 heavy (non-hydrogen) atoms. The molecule has 0 aliphatic rings. The van der Waals surface area contributed by atoms with Crippen LogP contribution in [0.4, 0.5) is 24.5 Å². The summed E-state index contributed by atoms with van der Waals surface area (Å²) in [4.78, 5) is 21.2. The highest BCUT2D eigenvalue weighted by Gasteiger charge is 2.25. The van der Waals surface area contributed by atoms with E-state index in [1.807, 2.05) is 6.07 Å². The highest BCUT2D eigenvalue weighted by Crippen LogP contribution is 2.33. The molecular weight excluding hydrogens is 497 g/mol. The van der Waals surface area contributed by atoms with Crippen molar-refractivity contribution in [3.63, 3.8) is 0 Å². The summed E-state index contributed by atoms with van der Waals surface area (Å²) in [5.74, 6) is -3.37. The molecular formula is C28H19F3N4OS. The summed E-state index contributed by atoms with van der Waals surface area (Å²) in [5, 5.41) is 0.395. The van der Waals surface area contributed by atoms with Crippen LogP contribution in [0, 0.1) is 17.5 Å². The number of aromatic nitrogens is 2. The van der Waals surface area contributed by atoms with Gasteiger partial charge in [-0.2, -0.15) is 0 Å². The van der Waals surface area contributed by atoms with Crippen LogP contribution in [0.25, 0.3) is 28.2 Å². The molecule has 3 aromatic carbocycles. The van der Waals surface area contributed by atoms with Gasteiger partial charge in [0.1, 0.15) is 17.3 Å². The van der Waals surface area contributed by atoms with E-state index in [1.165, 1.54) is 30.5 Å². The van der Waals surface area contributed by atoms with Crippen LogP contribution in [-0.4, -0.2) is 15.8 Å². The average Bonchev–Trinajstić information content (AvgIpc) is 3.31. The van der Waals surface area contributed by atoms with Crippen molar-refractivity contribution >= 4 is 46.2 Å². The second kappa shape index (κ2) is 9.87. The van der Waals surface area contributed by atoms with Crippen LogP contribution >= 0.6 is 11.9 Å². The quantitative estimate of drug-likeness (QED) is 0.121. The molecule has 2 heterocycles. The van der Waals surface area contributed by atoms with E-state index in [-0.39, 0.29) is 11.3 Å². The highest BCUT2D eigenvalue weighted by atomic mass is 32.2. The van der Waals surface area contributed by atoms with Crippen molar-refractivity contribution in [3.05, 3.63) is 114 Å². The molecule has 184 valence electrons. The number of aromatic amines is 1. The van der Waals surface area contributed by atoms with E-state index in [0.717, 1.165) is 23.6 Å². The van der Waals surface area contributed by atoms with Gasteiger partial charge in [0.25, 0.3) is 0 Å². The summed E-state index contributed by atoms with van der Waals surface area (Å²) in [5.41, 5.74) is 8.32. The fourth-order valence-electron chi connectivity index (χ4n) is 4.02. The number of benzene rings is 3. The van der Waals surface area contributed by atoms with Gasteiger partial charge in [-0.15, -0.1) is 0 Å². The average molecular weight is 517 g/mol. The Bertz CT molecular complexity index is 1680. The molecule has 0 unspecified atom stereocenters. The molecule has 0 aliphatic carbocycles. The lowest BCUT2D eigenvalue weighted by Gasteiger charge is -2.11. The van der Waals surface area contributed by atoms with Crippen LogP contribution in [0.2, 0.25) is 0 Å². The first-order valence-corrected chi connectivity index (χ1v) is 11.9. The standard InChI is InChI=1S/C28H19F3N4OS/c1-2-18-19(7-4-8-23(18)32)15-11-20-21(14-34-28(20)33-13-15)27(36)25-22(30)9-10-24(26(25)31)35-37-17-6-3-5-16(29)12-17/h2-14,35H,1,32H2,(H,33,34). The first-order chi connectivity index (χ1) is 17.9. The van der Waals surface area contributed by atoms with E-state index in [1.54, 1.807) is 36.5 Å². The number of hydrogen-bond donors (Lipinski definition) is 3. The number of halogens is 3. The number of carbonyl (C=O) groups excluding carboxylic acids is 1. The van der Waals surface area contributed by atoms with Gasteiger partial charge in [0, 0.05) is 45.1 Å². The zero-order valence-electron chi connectivity index (χ0n) is 19.2. The topological polar surface area (TPSA) is 83.8 Å².